The van der Waals surface area contributed by atoms with Crippen LogP contribution in [0.5, 0.6) is 0 Å². The van der Waals surface area contributed by atoms with Crippen molar-refractivity contribution >= 4 is 6.03 Å². The molecule has 3 unspecified atom stereocenters. The second-order valence-electron chi connectivity index (χ2n) is 5.42. The largest absolute Gasteiger partial charge is 0.467 e. The van der Waals surface area contributed by atoms with Gasteiger partial charge in [0.1, 0.15) is 18.5 Å². The first-order valence-corrected chi connectivity index (χ1v) is 8.03. The molecule has 0 aromatic carbocycles. The molecule has 0 saturated heterocycles. The maximum atomic E-state index is 11.8. The number of ether oxygens (including phenoxy) is 3. The number of hydrogen-bond acceptors (Lipinski definition) is 5. The van der Waals surface area contributed by atoms with Crippen molar-refractivity contribution in [2.75, 3.05) is 26.9 Å². The third-order valence-corrected chi connectivity index (χ3v) is 3.79. The molecule has 2 amide bonds. The van der Waals surface area contributed by atoms with Crippen LogP contribution in [0, 0.1) is 0 Å². The van der Waals surface area contributed by atoms with E-state index in [-0.39, 0.29) is 24.3 Å². The van der Waals surface area contributed by atoms with Crippen LogP contribution < -0.4 is 10.6 Å². The molecule has 0 aliphatic heterocycles. The van der Waals surface area contributed by atoms with Crippen LogP contribution >= 0.6 is 0 Å². The molecule has 1 aliphatic carbocycles. The van der Waals surface area contributed by atoms with Gasteiger partial charge in [-0.05, 0) is 31.9 Å². The summed E-state index contributed by atoms with van der Waals surface area (Å²) in [6.07, 6.45) is 3.15. The monoisotopic (exact) mass is 326 g/mol. The number of methoxy groups -OCH3 is 1. The van der Waals surface area contributed by atoms with Crippen molar-refractivity contribution < 1.29 is 23.4 Å². The van der Waals surface area contributed by atoms with E-state index in [9.17, 15) is 4.79 Å². The van der Waals surface area contributed by atoms with Gasteiger partial charge < -0.3 is 29.3 Å². The predicted molar refractivity (Wildman–Crippen MR) is 84.1 cm³/mol. The third-order valence-electron chi connectivity index (χ3n) is 3.79. The lowest BCUT2D eigenvalue weighted by Gasteiger charge is -2.43. The van der Waals surface area contributed by atoms with Crippen LogP contribution in [0.25, 0.3) is 0 Å². The molecule has 1 aliphatic rings. The van der Waals surface area contributed by atoms with Crippen LogP contribution in [0.15, 0.2) is 22.8 Å². The Morgan fingerprint density at radius 1 is 1.48 bits per heavy atom. The summed E-state index contributed by atoms with van der Waals surface area (Å²) in [5.74, 6) is 0.801. The smallest absolute Gasteiger partial charge is 0.315 e. The molecule has 0 bridgehead atoms. The van der Waals surface area contributed by atoms with Gasteiger partial charge in [0.25, 0.3) is 0 Å². The zero-order chi connectivity index (χ0) is 16.5. The lowest BCUT2D eigenvalue weighted by atomic mass is 9.85. The van der Waals surface area contributed by atoms with Gasteiger partial charge in [-0.1, -0.05) is 0 Å². The summed E-state index contributed by atoms with van der Waals surface area (Å²) < 4.78 is 21.5. The highest BCUT2D eigenvalue weighted by Gasteiger charge is 2.42. The maximum Gasteiger partial charge on any atom is 0.315 e. The highest BCUT2D eigenvalue weighted by molar-refractivity contribution is 5.74. The van der Waals surface area contributed by atoms with Gasteiger partial charge in [-0.25, -0.2) is 4.79 Å². The zero-order valence-corrected chi connectivity index (χ0v) is 13.7. The van der Waals surface area contributed by atoms with E-state index < -0.39 is 0 Å². The van der Waals surface area contributed by atoms with E-state index in [1.165, 1.54) is 0 Å². The first-order valence-electron chi connectivity index (χ1n) is 8.03. The Bertz CT molecular complexity index is 451. The van der Waals surface area contributed by atoms with Gasteiger partial charge in [0.2, 0.25) is 0 Å². The van der Waals surface area contributed by atoms with Crippen molar-refractivity contribution in [3.05, 3.63) is 24.2 Å². The molecule has 0 spiro atoms. The molecular formula is C16H26N2O5. The topological polar surface area (TPSA) is 82.0 Å². The van der Waals surface area contributed by atoms with Crippen LogP contribution in [0.3, 0.4) is 0 Å². The average molecular weight is 326 g/mol. The number of furan rings is 1. The molecule has 130 valence electrons. The van der Waals surface area contributed by atoms with Crippen LogP contribution in [0.4, 0.5) is 4.79 Å². The van der Waals surface area contributed by atoms with E-state index >= 15 is 0 Å². The fourth-order valence-electron chi connectivity index (χ4n) is 2.58. The van der Waals surface area contributed by atoms with E-state index in [4.69, 9.17) is 18.6 Å². The zero-order valence-electron chi connectivity index (χ0n) is 13.7. The Morgan fingerprint density at radius 3 is 3.04 bits per heavy atom. The minimum atomic E-state index is -0.182. The molecular weight excluding hydrogens is 300 g/mol. The molecule has 1 aromatic heterocycles. The van der Waals surface area contributed by atoms with Crippen molar-refractivity contribution in [1.82, 2.24) is 10.6 Å². The Hall–Kier alpha value is -1.57. The lowest BCUT2D eigenvalue weighted by Crippen LogP contribution is -2.62. The number of carbonyl (C=O) groups excluding carboxylic acids is 1. The number of rotatable bonds is 10. The fourth-order valence-corrected chi connectivity index (χ4v) is 2.58. The quantitative estimate of drug-likeness (QED) is 0.639. The van der Waals surface area contributed by atoms with E-state index in [1.54, 1.807) is 13.4 Å². The Balaban J connectivity index is 1.50. The van der Waals surface area contributed by atoms with E-state index in [1.807, 2.05) is 19.1 Å². The molecule has 7 nitrogen and oxygen atoms in total. The second-order valence-corrected chi connectivity index (χ2v) is 5.42. The number of carbonyl (C=O) groups is 1. The molecule has 1 heterocycles. The second kappa shape index (κ2) is 9.54. The van der Waals surface area contributed by atoms with Gasteiger partial charge in [-0.15, -0.1) is 0 Å². The number of hydrogen-bond donors (Lipinski definition) is 2. The maximum absolute atomic E-state index is 11.8. The summed E-state index contributed by atoms with van der Waals surface area (Å²) in [6.45, 7) is 4.19. The Morgan fingerprint density at radius 2 is 2.35 bits per heavy atom. The van der Waals surface area contributed by atoms with E-state index in [0.29, 0.717) is 26.4 Å². The summed E-state index contributed by atoms with van der Waals surface area (Å²) in [6, 6.07) is 3.52. The fraction of sp³-hybridized carbons (Fsp3) is 0.688. The molecule has 23 heavy (non-hydrogen) atoms. The van der Waals surface area contributed by atoms with E-state index in [0.717, 1.165) is 18.6 Å². The van der Waals surface area contributed by atoms with Crippen LogP contribution in [-0.2, 0) is 20.8 Å². The summed E-state index contributed by atoms with van der Waals surface area (Å²) in [4.78, 5) is 11.8. The van der Waals surface area contributed by atoms with Crippen LogP contribution in [-0.4, -0.2) is 51.1 Å². The SMILES string of the molecule is CCOC1CC(NC(=O)NCCCOCc2ccco2)C1OC. The predicted octanol–water partition coefficient (Wildman–Crippen LogP) is 1.68. The van der Waals surface area contributed by atoms with Gasteiger partial charge in [0, 0.05) is 26.9 Å². The van der Waals surface area contributed by atoms with Gasteiger partial charge in [0.05, 0.1) is 18.4 Å². The molecule has 2 rings (SSSR count). The molecule has 1 saturated carbocycles. The molecule has 1 aromatic rings. The summed E-state index contributed by atoms with van der Waals surface area (Å²) in [5, 5.41) is 5.73. The molecule has 2 N–H and O–H groups in total. The van der Waals surface area contributed by atoms with Gasteiger partial charge in [-0.2, -0.15) is 0 Å². The van der Waals surface area contributed by atoms with Crippen molar-refractivity contribution in [3.63, 3.8) is 0 Å². The Kier molecular flexibility index (Phi) is 7.38. The lowest BCUT2D eigenvalue weighted by molar-refractivity contribution is -0.128. The van der Waals surface area contributed by atoms with Gasteiger partial charge >= 0.3 is 6.03 Å². The molecule has 7 heteroatoms. The van der Waals surface area contributed by atoms with Crippen molar-refractivity contribution in [2.45, 2.75) is 44.6 Å². The molecule has 3 atom stereocenters. The highest BCUT2D eigenvalue weighted by atomic mass is 16.5. The highest BCUT2D eigenvalue weighted by Crippen LogP contribution is 2.26. The number of nitrogens with one attached hydrogen (secondary N) is 2. The van der Waals surface area contributed by atoms with Crippen molar-refractivity contribution in [1.29, 1.82) is 0 Å². The first kappa shape index (κ1) is 17.8. The van der Waals surface area contributed by atoms with Gasteiger partial charge in [-0.3, -0.25) is 0 Å². The van der Waals surface area contributed by atoms with Crippen LogP contribution in [0.1, 0.15) is 25.5 Å². The average Bonchev–Trinajstić information content (AvgIpc) is 3.03. The number of amides is 2. The third kappa shape index (κ3) is 5.53. The standard InChI is InChI=1S/C16H26N2O5/c1-3-22-14-10-13(15(14)20-2)18-16(19)17-7-5-8-21-11-12-6-4-9-23-12/h4,6,9,13-15H,3,5,7-8,10-11H2,1-2H3,(H2,17,18,19). The summed E-state index contributed by atoms with van der Waals surface area (Å²) in [5.41, 5.74) is 0. The first-order chi connectivity index (χ1) is 11.2. The summed E-state index contributed by atoms with van der Waals surface area (Å²) in [7, 11) is 1.64. The Labute approximate surface area is 136 Å². The van der Waals surface area contributed by atoms with E-state index in [2.05, 4.69) is 10.6 Å². The van der Waals surface area contributed by atoms with Crippen molar-refractivity contribution in [2.24, 2.45) is 0 Å². The molecule has 1 fully saturated rings. The van der Waals surface area contributed by atoms with Gasteiger partial charge in [0.15, 0.2) is 0 Å². The van der Waals surface area contributed by atoms with Crippen molar-refractivity contribution in [3.8, 4) is 0 Å². The number of urea groups is 1. The minimum Gasteiger partial charge on any atom is -0.467 e. The molecule has 0 radical (unpaired) electrons. The minimum absolute atomic E-state index is 0.00625. The summed E-state index contributed by atoms with van der Waals surface area (Å²) >= 11 is 0. The normalized spacial score (nSPS) is 23.3. The van der Waals surface area contributed by atoms with Crippen LogP contribution in [0.2, 0.25) is 0 Å².